The fourth-order valence-electron chi connectivity index (χ4n) is 2.53. The molecule has 1 aliphatic heterocycles. The van der Waals surface area contributed by atoms with Gasteiger partial charge < -0.3 is 19.1 Å². The Morgan fingerprint density at radius 3 is 2.65 bits per heavy atom. The number of nitrogens with zero attached hydrogens (tertiary/aromatic N) is 1. The molecule has 1 amide bonds. The topological polar surface area (TPSA) is 65.1 Å². The van der Waals surface area contributed by atoms with Crippen LogP contribution in [0.25, 0.3) is 0 Å². The van der Waals surface area contributed by atoms with E-state index < -0.39 is 20.1 Å². The van der Waals surface area contributed by atoms with E-state index in [0.29, 0.717) is 24.3 Å². The Morgan fingerprint density at radius 1 is 1.23 bits per heavy atom. The zero-order chi connectivity index (χ0) is 19.2. The Morgan fingerprint density at radius 2 is 1.96 bits per heavy atom. The van der Waals surface area contributed by atoms with E-state index in [1.165, 1.54) is 12.0 Å². The van der Waals surface area contributed by atoms with Crippen LogP contribution in [0.2, 0.25) is 25.7 Å². The number of esters is 1. The van der Waals surface area contributed by atoms with Gasteiger partial charge >= 0.3 is 5.97 Å². The molecule has 0 saturated heterocycles. The lowest BCUT2D eigenvalue weighted by Gasteiger charge is -2.22. The minimum absolute atomic E-state index is 0.0883. The molecule has 0 aliphatic carbocycles. The van der Waals surface area contributed by atoms with E-state index in [0.717, 1.165) is 6.04 Å². The van der Waals surface area contributed by atoms with Crippen LogP contribution in [-0.4, -0.2) is 51.4 Å². The van der Waals surface area contributed by atoms with Crippen LogP contribution in [0, 0.1) is 0 Å². The number of para-hydroxylation sites is 1. The maximum atomic E-state index is 12.9. The predicted octanol–water partition coefficient (Wildman–Crippen LogP) is 3.28. The summed E-state index contributed by atoms with van der Waals surface area (Å²) in [5.74, 6) is -0.294. The highest BCUT2D eigenvalue weighted by molar-refractivity contribution is 6.76. The summed E-state index contributed by atoms with van der Waals surface area (Å²) in [5, 5.41) is 0. The highest BCUT2D eigenvalue weighted by atomic mass is 28.3. The molecule has 26 heavy (non-hydrogen) atoms. The average molecular weight is 378 g/mol. The number of ether oxygens (including phenoxy) is 3. The lowest BCUT2D eigenvalue weighted by Crippen LogP contribution is -2.39. The van der Waals surface area contributed by atoms with Crippen molar-refractivity contribution in [3.05, 3.63) is 42.1 Å². The first-order valence-corrected chi connectivity index (χ1v) is 12.4. The standard InChI is InChI=1S/C19H27NO5Si/c1-23-19(22)16-9-7-11-20(16)18(21)15-8-5-6-10-17(15)25-14-24-12-13-26(2,3)4/h5-8,10-11,16H,9,12-14H2,1-4H3/t16-/m0/s1. The van der Waals surface area contributed by atoms with Crippen molar-refractivity contribution in [2.45, 2.75) is 38.1 Å². The van der Waals surface area contributed by atoms with Crippen molar-refractivity contribution in [1.82, 2.24) is 4.90 Å². The summed E-state index contributed by atoms with van der Waals surface area (Å²) in [6, 6.07) is 7.39. The monoisotopic (exact) mass is 377 g/mol. The van der Waals surface area contributed by atoms with Crippen LogP contribution in [0.3, 0.4) is 0 Å². The lowest BCUT2D eigenvalue weighted by molar-refractivity contribution is -0.144. The number of benzene rings is 1. The molecule has 0 N–H and O–H groups in total. The summed E-state index contributed by atoms with van der Waals surface area (Å²) >= 11 is 0. The number of carbonyl (C=O) groups excluding carboxylic acids is 2. The van der Waals surface area contributed by atoms with Crippen LogP contribution in [0.1, 0.15) is 16.8 Å². The van der Waals surface area contributed by atoms with Gasteiger partial charge in [-0.1, -0.05) is 37.8 Å². The summed E-state index contributed by atoms with van der Waals surface area (Å²) in [4.78, 5) is 26.1. The zero-order valence-electron chi connectivity index (χ0n) is 15.9. The van der Waals surface area contributed by atoms with Crippen molar-refractivity contribution in [3.63, 3.8) is 0 Å². The van der Waals surface area contributed by atoms with E-state index in [9.17, 15) is 9.59 Å². The SMILES string of the molecule is COC(=O)[C@@H]1CC=CN1C(=O)c1ccccc1OCOCC[Si](C)(C)C. The first kappa shape index (κ1) is 20.2. The number of methoxy groups -OCH3 is 1. The number of hydrogen-bond acceptors (Lipinski definition) is 5. The fourth-order valence-corrected chi connectivity index (χ4v) is 3.28. The summed E-state index contributed by atoms with van der Waals surface area (Å²) < 4.78 is 16.0. The molecule has 7 heteroatoms. The third-order valence-electron chi connectivity index (χ3n) is 4.08. The molecule has 1 aromatic carbocycles. The molecule has 0 spiro atoms. The maximum Gasteiger partial charge on any atom is 0.329 e. The van der Waals surface area contributed by atoms with Gasteiger partial charge in [-0.25, -0.2) is 4.79 Å². The van der Waals surface area contributed by atoms with E-state index in [1.54, 1.807) is 36.5 Å². The summed E-state index contributed by atoms with van der Waals surface area (Å²) in [6.45, 7) is 7.58. The smallest absolute Gasteiger partial charge is 0.329 e. The number of carbonyl (C=O) groups is 2. The molecule has 1 aliphatic rings. The van der Waals surface area contributed by atoms with E-state index in [-0.39, 0.29) is 12.7 Å². The molecular formula is C19H27NO5Si. The highest BCUT2D eigenvalue weighted by Gasteiger charge is 2.33. The van der Waals surface area contributed by atoms with Gasteiger partial charge in [-0.15, -0.1) is 0 Å². The van der Waals surface area contributed by atoms with Crippen molar-refractivity contribution in [1.29, 1.82) is 0 Å². The Bertz CT molecular complexity index is 668. The molecule has 142 valence electrons. The lowest BCUT2D eigenvalue weighted by atomic mass is 10.1. The van der Waals surface area contributed by atoms with Gasteiger partial charge in [0.25, 0.3) is 5.91 Å². The van der Waals surface area contributed by atoms with Crippen molar-refractivity contribution in [3.8, 4) is 5.75 Å². The van der Waals surface area contributed by atoms with E-state index in [1.807, 2.05) is 0 Å². The molecule has 6 nitrogen and oxygen atoms in total. The van der Waals surface area contributed by atoms with Gasteiger partial charge in [0.2, 0.25) is 0 Å². The number of hydrogen-bond donors (Lipinski definition) is 0. The van der Waals surface area contributed by atoms with E-state index in [4.69, 9.17) is 14.2 Å². The molecule has 1 atom stereocenters. The molecule has 1 heterocycles. The Balaban J connectivity index is 2.00. The highest BCUT2D eigenvalue weighted by Crippen LogP contribution is 2.25. The van der Waals surface area contributed by atoms with Gasteiger partial charge in [-0.2, -0.15) is 0 Å². The molecule has 0 bridgehead atoms. The predicted molar refractivity (Wildman–Crippen MR) is 102 cm³/mol. The van der Waals surface area contributed by atoms with Gasteiger partial charge in [-0.3, -0.25) is 4.79 Å². The average Bonchev–Trinajstić information content (AvgIpc) is 3.09. The Kier molecular flexibility index (Phi) is 6.99. The van der Waals surface area contributed by atoms with E-state index in [2.05, 4.69) is 19.6 Å². The largest absolute Gasteiger partial charge is 0.467 e. The minimum atomic E-state index is -1.15. The summed E-state index contributed by atoms with van der Waals surface area (Å²) in [5.41, 5.74) is 0.391. The van der Waals surface area contributed by atoms with Gasteiger partial charge in [0.05, 0.1) is 12.7 Å². The molecule has 0 fully saturated rings. The van der Waals surface area contributed by atoms with Crippen LogP contribution < -0.4 is 4.74 Å². The quantitative estimate of drug-likeness (QED) is 0.301. The van der Waals surface area contributed by atoms with E-state index >= 15 is 0 Å². The molecule has 2 rings (SSSR count). The number of amides is 1. The molecule has 1 aromatic rings. The van der Waals surface area contributed by atoms with Gasteiger partial charge in [-0.05, 0) is 24.6 Å². The second kappa shape index (κ2) is 9.00. The second-order valence-corrected chi connectivity index (χ2v) is 13.0. The van der Waals surface area contributed by atoms with Crippen molar-refractivity contribution in [2.75, 3.05) is 20.5 Å². The fraction of sp³-hybridized carbons (Fsp3) is 0.474. The van der Waals surface area contributed by atoms with Gasteiger partial charge in [0, 0.05) is 20.9 Å². The second-order valence-electron chi connectivity index (χ2n) is 7.35. The van der Waals surface area contributed by atoms with Crippen LogP contribution in [0.4, 0.5) is 0 Å². The van der Waals surface area contributed by atoms with Crippen molar-refractivity contribution < 1.29 is 23.8 Å². The normalized spacial score (nSPS) is 16.6. The third kappa shape index (κ3) is 5.44. The summed E-state index contributed by atoms with van der Waals surface area (Å²) in [7, 11) is 0.170. The van der Waals surface area contributed by atoms with Crippen molar-refractivity contribution >= 4 is 20.0 Å². The first-order chi connectivity index (χ1) is 12.3. The van der Waals surface area contributed by atoms with Crippen LogP contribution in [-0.2, 0) is 14.3 Å². The summed E-state index contributed by atoms with van der Waals surface area (Å²) in [6.07, 6.45) is 3.84. The minimum Gasteiger partial charge on any atom is -0.467 e. The molecule has 0 aromatic heterocycles. The Labute approximate surface area is 155 Å². The third-order valence-corrected chi connectivity index (χ3v) is 5.78. The molecule has 0 saturated carbocycles. The van der Waals surface area contributed by atoms with Crippen LogP contribution >= 0.6 is 0 Å². The molecule has 0 unspecified atom stereocenters. The van der Waals surface area contributed by atoms with Crippen LogP contribution in [0.5, 0.6) is 5.75 Å². The van der Waals surface area contributed by atoms with Gasteiger partial charge in [0.15, 0.2) is 6.79 Å². The van der Waals surface area contributed by atoms with Crippen molar-refractivity contribution in [2.24, 2.45) is 0 Å². The first-order valence-electron chi connectivity index (χ1n) is 8.70. The number of rotatable bonds is 8. The zero-order valence-corrected chi connectivity index (χ0v) is 16.9. The van der Waals surface area contributed by atoms with Gasteiger partial charge in [0.1, 0.15) is 11.8 Å². The Hall–Kier alpha value is -2.12. The maximum absolute atomic E-state index is 12.9. The molecule has 0 radical (unpaired) electrons. The molecular weight excluding hydrogens is 350 g/mol. The van der Waals surface area contributed by atoms with Crippen LogP contribution in [0.15, 0.2) is 36.5 Å².